The molecule has 0 saturated heterocycles. The van der Waals surface area contributed by atoms with E-state index in [0.717, 1.165) is 6.42 Å². The minimum atomic E-state index is -0.780. The normalized spacial score (nSPS) is 16.6. The molecule has 0 fully saturated rings. The fourth-order valence-corrected chi connectivity index (χ4v) is 1.89. The van der Waals surface area contributed by atoms with Crippen molar-refractivity contribution in [2.24, 2.45) is 5.84 Å². The molecule has 0 radical (unpaired) electrons. The van der Waals surface area contributed by atoms with Gasteiger partial charge in [-0.05, 0) is 24.6 Å². The molecule has 1 heterocycles. The summed E-state index contributed by atoms with van der Waals surface area (Å²) in [5.41, 5.74) is 2.67. The van der Waals surface area contributed by atoms with Gasteiger partial charge in [0.1, 0.15) is 23.4 Å². The Labute approximate surface area is 98.2 Å². The van der Waals surface area contributed by atoms with E-state index in [0.29, 0.717) is 17.9 Å². The van der Waals surface area contributed by atoms with E-state index in [1.165, 1.54) is 12.1 Å². The minimum absolute atomic E-state index is 0.0966. The second kappa shape index (κ2) is 4.81. The first-order valence-corrected chi connectivity index (χ1v) is 5.38. The van der Waals surface area contributed by atoms with E-state index in [-0.39, 0.29) is 5.56 Å². The van der Waals surface area contributed by atoms with E-state index in [9.17, 15) is 8.78 Å². The standard InChI is InChI=1S/C12H14F2N2O/c1-7-4-5-8(13)10(11(7)14)12(16-15)9-3-2-6-17-9/h3-5,12,16H,2,6,15H2,1H3. The average molecular weight is 240 g/mol. The number of hydrogen-bond acceptors (Lipinski definition) is 3. The van der Waals surface area contributed by atoms with Crippen molar-refractivity contribution >= 4 is 0 Å². The van der Waals surface area contributed by atoms with Crippen LogP contribution in [-0.4, -0.2) is 6.61 Å². The lowest BCUT2D eigenvalue weighted by molar-refractivity contribution is 0.213. The first-order chi connectivity index (χ1) is 8.15. The lowest BCUT2D eigenvalue weighted by Crippen LogP contribution is -2.31. The topological polar surface area (TPSA) is 47.3 Å². The van der Waals surface area contributed by atoms with Gasteiger partial charge in [0.25, 0.3) is 0 Å². The maximum Gasteiger partial charge on any atom is 0.134 e. The first kappa shape index (κ1) is 12.0. The summed E-state index contributed by atoms with van der Waals surface area (Å²) in [4.78, 5) is 0. The summed E-state index contributed by atoms with van der Waals surface area (Å²) in [6.45, 7) is 2.10. The fourth-order valence-electron chi connectivity index (χ4n) is 1.89. The predicted molar refractivity (Wildman–Crippen MR) is 59.8 cm³/mol. The van der Waals surface area contributed by atoms with Crippen LogP contribution in [0.5, 0.6) is 0 Å². The molecule has 17 heavy (non-hydrogen) atoms. The van der Waals surface area contributed by atoms with Crippen molar-refractivity contribution in [3.05, 3.63) is 46.7 Å². The molecular weight excluding hydrogens is 226 g/mol. The Hall–Kier alpha value is -1.46. The van der Waals surface area contributed by atoms with Crippen LogP contribution in [0.15, 0.2) is 24.0 Å². The average Bonchev–Trinajstić information content (AvgIpc) is 2.83. The predicted octanol–water partition coefficient (Wildman–Crippen LogP) is 2.08. The molecule has 1 unspecified atom stereocenters. The van der Waals surface area contributed by atoms with E-state index >= 15 is 0 Å². The van der Waals surface area contributed by atoms with Crippen LogP contribution >= 0.6 is 0 Å². The molecule has 0 aromatic heterocycles. The number of nitrogens with two attached hydrogens (primary N) is 1. The molecular formula is C12H14F2N2O. The van der Waals surface area contributed by atoms with Gasteiger partial charge in [-0.3, -0.25) is 5.84 Å². The van der Waals surface area contributed by atoms with Gasteiger partial charge in [-0.1, -0.05) is 6.07 Å². The third-order valence-electron chi connectivity index (χ3n) is 2.79. The highest BCUT2D eigenvalue weighted by atomic mass is 19.1. The van der Waals surface area contributed by atoms with Crippen molar-refractivity contribution in [1.82, 2.24) is 5.43 Å². The second-order valence-corrected chi connectivity index (χ2v) is 3.94. The molecule has 1 aliphatic heterocycles. The van der Waals surface area contributed by atoms with Gasteiger partial charge >= 0.3 is 0 Å². The Morgan fingerprint density at radius 2 is 2.18 bits per heavy atom. The molecule has 0 aliphatic carbocycles. The molecule has 3 N–H and O–H groups in total. The Bertz CT molecular complexity index is 460. The van der Waals surface area contributed by atoms with Crippen molar-refractivity contribution in [3.8, 4) is 0 Å². The minimum Gasteiger partial charge on any atom is -0.496 e. The van der Waals surface area contributed by atoms with Crippen molar-refractivity contribution < 1.29 is 13.5 Å². The molecule has 1 aromatic rings. The molecule has 0 bridgehead atoms. The summed E-state index contributed by atoms with van der Waals surface area (Å²) < 4.78 is 32.9. The fraction of sp³-hybridized carbons (Fsp3) is 0.333. The zero-order chi connectivity index (χ0) is 12.4. The van der Waals surface area contributed by atoms with Crippen molar-refractivity contribution in [2.75, 3.05) is 6.61 Å². The van der Waals surface area contributed by atoms with Crippen LogP contribution in [-0.2, 0) is 4.74 Å². The molecule has 1 aromatic carbocycles. The van der Waals surface area contributed by atoms with Crippen LogP contribution in [0.4, 0.5) is 8.78 Å². The molecule has 1 atom stereocenters. The van der Waals surface area contributed by atoms with Crippen LogP contribution in [0.2, 0.25) is 0 Å². The SMILES string of the molecule is Cc1ccc(F)c(C(NN)C2=CCCO2)c1F. The highest BCUT2D eigenvalue weighted by molar-refractivity contribution is 5.33. The zero-order valence-corrected chi connectivity index (χ0v) is 9.47. The third kappa shape index (κ3) is 2.16. The lowest BCUT2D eigenvalue weighted by atomic mass is 10.0. The van der Waals surface area contributed by atoms with Crippen LogP contribution in [0.25, 0.3) is 0 Å². The van der Waals surface area contributed by atoms with E-state index in [4.69, 9.17) is 10.6 Å². The Morgan fingerprint density at radius 1 is 1.41 bits per heavy atom. The van der Waals surface area contributed by atoms with Gasteiger partial charge in [0.15, 0.2) is 0 Å². The molecule has 1 aliphatic rings. The van der Waals surface area contributed by atoms with Crippen molar-refractivity contribution in [1.29, 1.82) is 0 Å². The summed E-state index contributed by atoms with van der Waals surface area (Å²) >= 11 is 0. The third-order valence-corrected chi connectivity index (χ3v) is 2.79. The smallest absolute Gasteiger partial charge is 0.134 e. The quantitative estimate of drug-likeness (QED) is 0.628. The van der Waals surface area contributed by atoms with Gasteiger partial charge in [0, 0.05) is 12.0 Å². The summed E-state index contributed by atoms with van der Waals surface area (Å²) in [6, 6.07) is 1.84. The number of nitrogens with one attached hydrogen (secondary N) is 1. The summed E-state index contributed by atoms with van der Waals surface area (Å²) in [6.07, 6.45) is 2.51. The van der Waals surface area contributed by atoms with Crippen LogP contribution in [0, 0.1) is 18.6 Å². The molecule has 0 saturated carbocycles. The van der Waals surface area contributed by atoms with Gasteiger partial charge in [-0.15, -0.1) is 0 Å². The van der Waals surface area contributed by atoms with Gasteiger partial charge in [-0.25, -0.2) is 14.2 Å². The van der Waals surface area contributed by atoms with Crippen LogP contribution < -0.4 is 11.3 Å². The van der Waals surface area contributed by atoms with Gasteiger partial charge in [-0.2, -0.15) is 0 Å². The molecule has 92 valence electrons. The highest BCUT2D eigenvalue weighted by Gasteiger charge is 2.26. The van der Waals surface area contributed by atoms with Crippen molar-refractivity contribution in [2.45, 2.75) is 19.4 Å². The van der Waals surface area contributed by atoms with E-state index in [2.05, 4.69) is 5.43 Å². The lowest BCUT2D eigenvalue weighted by Gasteiger charge is -2.19. The number of hydrazine groups is 1. The van der Waals surface area contributed by atoms with Crippen LogP contribution in [0.1, 0.15) is 23.6 Å². The summed E-state index contributed by atoms with van der Waals surface area (Å²) in [5, 5.41) is 0. The Morgan fingerprint density at radius 3 is 2.76 bits per heavy atom. The van der Waals surface area contributed by atoms with Gasteiger partial charge in [0.05, 0.1) is 6.61 Å². The monoisotopic (exact) mass is 240 g/mol. The molecule has 3 nitrogen and oxygen atoms in total. The molecule has 5 heteroatoms. The van der Waals surface area contributed by atoms with Gasteiger partial charge in [0.2, 0.25) is 0 Å². The van der Waals surface area contributed by atoms with E-state index in [1.807, 2.05) is 0 Å². The van der Waals surface area contributed by atoms with E-state index in [1.54, 1.807) is 13.0 Å². The second-order valence-electron chi connectivity index (χ2n) is 3.94. The maximum absolute atomic E-state index is 13.9. The summed E-state index contributed by atoms with van der Waals surface area (Å²) in [5.74, 6) is 4.61. The number of benzene rings is 1. The molecule has 0 amide bonds. The number of aryl methyl sites for hydroxylation is 1. The van der Waals surface area contributed by atoms with Gasteiger partial charge < -0.3 is 4.74 Å². The number of rotatable bonds is 3. The Kier molecular flexibility index (Phi) is 3.40. The highest BCUT2D eigenvalue weighted by Crippen LogP contribution is 2.30. The maximum atomic E-state index is 13.9. The first-order valence-electron chi connectivity index (χ1n) is 5.38. The number of halogens is 2. The zero-order valence-electron chi connectivity index (χ0n) is 9.47. The number of hydrogen-bond donors (Lipinski definition) is 2. The molecule has 0 spiro atoms. The summed E-state index contributed by atoms with van der Waals surface area (Å²) in [7, 11) is 0. The van der Waals surface area contributed by atoms with Crippen molar-refractivity contribution in [3.63, 3.8) is 0 Å². The largest absolute Gasteiger partial charge is 0.496 e. The van der Waals surface area contributed by atoms with E-state index < -0.39 is 17.7 Å². The Balaban J connectivity index is 2.46. The number of ether oxygens (including phenoxy) is 1. The van der Waals surface area contributed by atoms with Crippen LogP contribution in [0.3, 0.4) is 0 Å². The molecule has 2 rings (SSSR count).